The number of nitrogens with zero attached hydrogens (tertiary/aromatic N) is 6. The molecule has 0 aliphatic carbocycles. The fraction of sp³-hybridized carbons (Fsp3) is 0.355. The first-order valence-electron chi connectivity index (χ1n) is 14.5. The molecule has 43 heavy (non-hydrogen) atoms. The van der Waals surface area contributed by atoms with Crippen LogP contribution >= 0.6 is 0 Å². The van der Waals surface area contributed by atoms with Crippen LogP contribution in [0.2, 0.25) is 0 Å². The van der Waals surface area contributed by atoms with Crippen LogP contribution in [-0.4, -0.2) is 82.2 Å². The van der Waals surface area contributed by atoms with Gasteiger partial charge in [-0.15, -0.1) is 0 Å². The number of piperazine rings is 1. The average Bonchev–Trinajstić information content (AvgIpc) is 3.78. The Morgan fingerprint density at radius 1 is 1.00 bits per heavy atom. The van der Waals surface area contributed by atoms with Crippen LogP contribution in [0.5, 0.6) is 23.0 Å². The lowest BCUT2D eigenvalue weighted by molar-refractivity contribution is -0.121. The predicted molar refractivity (Wildman–Crippen MR) is 157 cm³/mol. The maximum Gasteiger partial charge on any atom is 0.254 e. The Kier molecular flexibility index (Phi) is 7.42. The number of anilines is 1. The number of amides is 1. The van der Waals surface area contributed by atoms with Gasteiger partial charge in [0.05, 0.1) is 12.6 Å². The Balaban J connectivity index is 1.04. The predicted octanol–water partition coefficient (Wildman–Crippen LogP) is 2.74. The van der Waals surface area contributed by atoms with Crippen LogP contribution < -0.4 is 29.2 Å². The van der Waals surface area contributed by atoms with Gasteiger partial charge >= 0.3 is 0 Å². The first-order chi connectivity index (χ1) is 21.1. The van der Waals surface area contributed by atoms with Gasteiger partial charge in [0, 0.05) is 56.8 Å². The lowest BCUT2D eigenvalue weighted by atomic mass is 10.1. The smallest absolute Gasteiger partial charge is 0.254 e. The fourth-order valence-corrected chi connectivity index (χ4v) is 5.70. The molecule has 12 heteroatoms. The van der Waals surface area contributed by atoms with E-state index in [1.807, 2.05) is 61.7 Å². The summed E-state index contributed by atoms with van der Waals surface area (Å²) in [6.07, 6.45) is 5.82. The molecular weight excluding hydrogens is 550 g/mol. The molecule has 0 bridgehead atoms. The minimum absolute atomic E-state index is 0.0148. The standard InChI is InChI=1S/C31H33N7O5/c1-21-14-28(35-31(34-21)37-11-10-32-19-37)38-13-12-36(18-30-42-25-4-2-3-5-26(25)43-30)17-23(38)16-29(39)33-9-8-22-6-7-24-27(15-22)41-20-40-24/h2-7,10-11,14-15,19,23,30H,8-9,12-13,16-18,20H2,1H3,(H,33,39). The zero-order valence-electron chi connectivity index (χ0n) is 23.9. The van der Waals surface area contributed by atoms with Crippen molar-refractivity contribution < 1.29 is 23.7 Å². The third-order valence-corrected chi connectivity index (χ3v) is 7.79. The number of rotatable bonds is 9. The molecule has 0 spiro atoms. The first kappa shape index (κ1) is 27.0. The minimum atomic E-state index is -0.394. The maximum atomic E-state index is 13.3. The Labute approximate surface area is 249 Å². The molecule has 3 aliphatic heterocycles. The summed E-state index contributed by atoms with van der Waals surface area (Å²) in [6, 6.07) is 15.4. The van der Waals surface area contributed by atoms with Gasteiger partial charge in [0.1, 0.15) is 12.1 Å². The van der Waals surface area contributed by atoms with Crippen LogP contribution in [-0.2, 0) is 11.2 Å². The van der Waals surface area contributed by atoms with Crippen molar-refractivity contribution in [3.8, 4) is 28.9 Å². The van der Waals surface area contributed by atoms with E-state index < -0.39 is 6.29 Å². The normalized spacial score (nSPS) is 17.8. The van der Waals surface area contributed by atoms with E-state index in [-0.39, 0.29) is 18.7 Å². The van der Waals surface area contributed by atoms with Gasteiger partial charge in [-0.3, -0.25) is 14.3 Å². The second-order valence-electron chi connectivity index (χ2n) is 10.8. The van der Waals surface area contributed by atoms with Crippen LogP contribution in [0, 0.1) is 6.92 Å². The molecule has 7 rings (SSSR count). The molecule has 5 heterocycles. The van der Waals surface area contributed by atoms with Crippen molar-refractivity contribution in [2.45, 2.75) is 32.1 Å². The van der Waals surface area contributed by atoms with E-state index in [2.05, 4.69) is 25.1 Å². The van der Waals surface area contributed by atoms with Gasteiger partial charge in [0.2, 0.25) is 18.6 Å². The van der Waals surface area contributed by atoms with E-state index in [1.165, 1.54) is 0 Å². The monoisotopic (exact) mass is 583 g/mol. The topological polar surface area (TPSA) is 116 Å². The molecule has 3 aliphatic rings. The van der Waals surface area contributed by atoms with E-state index in [4.69, 9.17) is 23.9 Å². The van der Waals surface area contributed by atoms with Gasteiger partial charge in [-0.05, 0) is 43.2 Å². The van der Waals surface area contributed by atoms with E-state index in [0.29, 0.717) is 45.0 Å². The number of aryl methyl sites for hydroxylation is 1. The van der Waals surface area contributed by atoms with Crippen molar-refractivity contribution in [3.63, 3.8) is 0 Å². The molecule has 1 saturated heterocycles. The van der Waals surface area contributed by atoms with Crippen LogP contribution in [0.15, 0.2) is 67.3 Å². The van der Waals surface area contributed by atoms with Gasteiger partial charge in [-0.1, -0.05) is 18.2 Å². The third kappa shape index (κ3) is 6.05. The SMILES string of the molecule is Cc1cc(N2CCN(CC3Oc4ccccc4O3)CC2CC(=O)NCCc2ccc3c(c2)OCO3)nc(-n2ccnc2)n1. The van der Waals surface area contributed by atoms with Gasteiger partial charge in [-0.2, -0.15) is 4.98 Å². The summed E-state index contributed by atoms with van der Waals surface area (Å²) < 4.78 is 24.7. The highest BCUT2D eigenvalue weighted by molar-refractivity contribution is 5.77. The van der Waals surface area contributed by atoms with Crippen molar-refractivity contribution in [1.82, 2.24) is 29.7 Å². The molecule has 1 unspecified atom stereocenters. The highest BCUT2D eigenvalue weighted by Gasteiger charge is 2.33. The fourth-order valence-electron chi connectivity index (χ4n) is 5.70. The highest BCUT2D eigenvalue weighted by Crippen LogP contribution is 2.35. The molecule has 1 amide bonds. The largest absolute Gasteiger partial charge is 0.454 e. The summed E-state index contributed by atoms with van der Waals surface area (Å²) in [5.74, 6) is 4.33. The third-order valence-electron chi connectivity index (χ3n) is 7.79. The number of hydrogen-bond acceptors (Lipinski definition) is 10. The second-order valence-corrected chi connectivity index (χ2v) is 10.8. The summed E-state index contributed by atoms with van der Waals surface area (Å²) >= 11 is 0. The molecule has 0 saturated carbocycles. The summed E-state index contributed by atoms with van der Waals surface area (Å²) in [7, 11) is 0. The number of aromatic nitrogens is 4. The van der Waals surface area contributed by atoms with Crippen molar-refractivity contribution in [3.05, 3.63) is 78.5 Å². The van der Waals surface area contributed by atoms with Crippen molar-refractivity contribution in [1.29, 1.82) is 0 Å². The molecule has 4 aromatic rings. The quantitative estimate of drug-likeness (QED) is 0.315. The molecule has 222 valence electrons. The number of fused-ring (bicyclic) bond motifs is 2. The van der Waals surface area contributed by atoms with Gasteiger partial charge in [-0.25, -0.2) is 9.97 Å². The number of nitrogens with one attached hydrogen (secondary N) is 1. The minimum Gasteiger partial charge on any atom is -0.454 e. The van der Waals surface area contributed by atoms with Gasteiger partial charge in [0.25, 0.3) is 6.29 Å². The molecule has 12 nitrogen and oxygen atoms in total. The summed E-state index contributed by atoms with van der Waals surface area (Å²) in [6.45, 7) is 5.42. The van der Waals surface area contributed by atoms with Crippen molar-refractivity contribution in [2.24, 2.45) is 0 Å². The van der Waals surface area contributed by atoms with Gasteiger partial charge in [0.15, 0.2) is 23.0 Å². The second kappa shape index (κ2) is 11.8. The zero-order valence-corrected chi connectivity index (χ0v) is 23.9. The number of para-hydroxylation sites is 2. The Morgan fingerprint density at radius 2 is 1.84 bits per heavy atom. The highest BCUT2D eigenvalue weighted by atomic mass is 16.7. The summed E-state index contributed by atoms with van der Waals surface area (Å²) in [5, 5.41) is 3.11. The number of benzene rings is 2. The number of carbonyl (C=O) groups is 1. The zero-order chi connectivity index (χ0) is 29.2. The number of imidazole rings is 1. The van der Waals surface area contributed by atoms with E-state index in [9.17, 15) is 4.79 Å². The van der Waals surface area contributed by atoms with Crippen LogP contribution in [0.3, 0.4) is 0 Å². The maximum absolute atomic E-state index is 13.3. The molecule has 1 fully saturated rings. The van der Waals surface area contributed by atoms with Gasteiger partial charge < -0.3 is 29.2 Å². The number of carbonyl (C=O) groups excluding carboxylic acids is 1. The molecule has 0 radical (unpaired) electrons. The molecule has 2 aromatic carbocycles. The van der Waals surface area contributed by atoms with Crippen LogP contribution in [0.25, 0.3) is 5.95 Å². The Hall–Kier alpha value is -4.84. The lowest BCUT2D eigenvalue weighted by Gasteiger charge is -2.42. The van der Waals surface area contributed by atoms with Crippen LogP contribution in [0.4, 0.5) is 5.82 Å². The summed E-state index contributed by atoms with van der Waals surface area (Å²) in [4.78, 5) is 31.4. The molecule has 2 aromatic heterocycles. The Morgan fingerprint density at radius 3 is 2.65 bits per heavy atom. The molecular formula is C31H33N7O5. The first-order valence-corrected chi connectivity index (χ1v) is 14.5. The summed E-state index contributed by atoms with van der Waals surface area (Å²) in [5.41, 5.74) is 1.92. The molecule has 1 atom stereocenters. The average molecular weight is 584 g/mol. The van der Waals surface area contributed by atoms with E-state index >= 15 is 0 Å². The Bertz CT molecular complexity index is 1570. The van der Waals surface area contributed by atoms with E-state index in [1.54, 1.807) is 17.1 Å². The van der Waals surface area contributed by atoms with Crippen LogP contribution in [0.1, 0.15) is 17.7 Å². The van der Waals surface area contributed by atoms with Crippen molar-refractivity contribution in [2.75, 3.05) is 44.4 Å². The lowest BCUT2D eigenvalue weighted by Crippen LogP contribution is -2.56. The van der Waals surface area contributed by atoms with E-state index in [0.717, 1.165) is 46.6 Å². The molecule has 1 N–H and O–H groups in total. The van der Waals surface area contributed by atoms with Crippen molar-refractivity contribution >= 4 is 11.7 Å². The number of ether oxygens (including phenoxy) is 4. The number of hydrogen-bond donors (Lipinski definition) is 1.